The first-order valence-corrected chi connectivity index (χ1v) is 5.58. The van der Waals surface area contributed by atoms with E-state index in [9.17, 15) is 18.0 Å². The summed E-state index contributed by atoms with van der Waals surface area (Å²) in [4.78, 5) is 11.4. The molecule has 0 unspecified atom stereocenters. The van der Waals surface area contributed by atoms with Crippen LogP contribution in [0.25, 0.3) is 0 Å². The van der Waals surface area contributed by atoms with Gasteiger partial charge in [0.05, 0.1) is 23.3 Å². The Morgan fingerprint density at radius 2 is 2.11 bits per heavy atom. The van der Waals surface area contributed by atoms with Crippen molar-refractivity contribution in [2.75, 3.05) is 6.61 Å². The number of hydrogen-bond donors (Lipinski definition) is 0. The van der Waals surface area contributed by atoms with Crippen molar-refractivity contribution in [3.05, 3.63) is 33.3 Å². The lowest BCUT2D eigenvalue weighted by Gasteiger charge is -2.12. The first-order chi connectivity index (χ1) is 8.31. The van der Waals surface area contributed by atoms with Gasteiger partial charge in [-0.25, -0.2) is 4.79 Å². The van der Waals surface area contributed by atoms with Crippen molar-refractivity contribution in [2.24, 2.45) is 0 Å². The molecule has 0 heterocycles. The second-order valence-corrected chi connectivity index (χ2v) is 4.06. The highest BCUT2D eigenvalue weighted by molar-refractivity contribution is 9.10. The van der Waals surface area contributed by atoms with Gasteiger partial charge in [0, 0.05) is 4.47 Å². The van der Waals surface area contributed by atoms with Crippen molar-refractivity contribution in [1.29, 1.82) is 5.26 Å². The first kappa shape index (κ1) is 14.5. The van der Waals surface area contributed by atoms with Crippen LogP contribution in [0.3, 0.4) is 0 Å². The van der Waals surface area contributed by atoms with E-state index in [0.717, 1.165) is 6.07 Å². The number of benzene rings is 1. The Labute approximate surface area is 109 Å². The summed E-state index contributed by atoms with van der Waals surface area (Å²) in [5, 5.41) is 8.70. The van der Waals surface area contributed by atoms with Gasteiger partial charge >= 0.3 is 12.1 Å². The van der Waals surface area contributed by atoms with Crippen LogP contribution in [-0.2, 0) is 10.9 Å². The second kappa shape index (κ2) is 5.40. The Kier molecular flexibility index (Phi) is 4.35. The fraction of sp³-hybridized carbons (Fsp3) is 0.273. The van der Waals surface area contributed by atoms with Crippen LogP contribution in [0.2, 0.25) is 0 Å². The molecule has 1 aromatic carbocycles. The molecule has 0 fully saturated rings. The van der Waals surface area contributed by atoms with Gasteiger partial charge in [-0.15, -0.1) is 0 Å². The van der Waals surface area contributed by atoms with Gasteiger partial charge in [0.25, 0.3) is 0 Å². The summed E-state index contributed by atoms with van der Waals surface area (Å²) in [5.74, 6) is -0.867. The fourth-order valence-electron chi connectivity index (χ4n) is 1.28. The van der Waals surface area contributed by atoms with Crippen molar-refractivity contribution >= 4 is 21.9 Å². The Morgan fingerprint density at radius 1 is 1.50 bits per heavy atom. The number of hydrogen-bond acceptors (Lipinski definition) is 3. The molecule has 0 aromatic heterocycles. The third-order valence-corrected chi connectivity index (χ3v) is 2.64. The van der Waals surface area contributed by atoms with Crippen LogP contribution in [0.15, 0.2) is 16.6 Å². The summed E-state index contributed by atoms with van der Waals surface area (Å²) in [6.45, 7) is 1.60. The molecule has 96 valence electrons. The molecule has 0 atom stereocenters. The molecule has 0 amide bonds. The van der Waals surface area contributed by atoms with Crippen molar-refractivity contribution < 1.29 is 22.7 Å². The molecule has 0 radical (unpaired) electrons. The van der Waals surface area contributed by atoms with Crippen molar-refractivity contribution in [1.82, 2.24) is 0 Å². The highest BCUT2D eigenvalue weighted by Gasteiger charge is 2.35. The average Bonchev–Trinajstić information content (AvgIpc) is 2.27. The van der Waals surface area contributed by atoms with E-state index in [0.29, 0.717) is 6.07 Å². The number of halogens is 4. The molecule has 0 aliphatic carbocycles. The Hall–Kier alpha value is -1.55. The van der Waals surface area contributed by atoms with Crippen molar-refractivity contribution in [3.63, 3.8) is 0 Å². The topological polar surface area (TPSA) is 50.1 Å². The van der Waals surface area contributed by atoms with Crippen LogP contribution < -0.4 is 0 Å². The summed E-state index contributed by atoms with van der Waals surface area (Å²) in [6.07, 6.45) is -4.71. The Balaban J connectivity index is 3.41. The summed E-state index contributed by atoms with van der Waals surface area (Å²) >= 11 is 2.84. The maximum absolute atomic E-state index is 12.7. The lowest BCUT2D eigenvalue weighted by atomic mass is 10.0. The number of alkyl halides is 3. The first-order valence-electron chi connectivity index (χ1n) is 4.79. The number of rotatable bonds is 2. The molecule has 3 nitrogen and oxygen atoms in total. The molecule has 7 heteroatoms. The van der Waals surface area contributed by atoms with Gasteiger partial charge in [-0.1, -0.05) is 0 Å². The minimum atomic E-state index is -4.71. The van der Waals surface area contributed by atoms with Gasteiger partial charge in [-0.05, 0) is 35.0 Å². The standard InChI is InChI=1S/C11H7BrF3NO2/c1-2-18-10(17)6-3-8(11(13,14)15)7(5-16)9(12)4-6/h3-4H,2H2,1H3. The zero-order chi connectivity index (χ0) is 13.9. The van der Waals surface area contributed by atoms with Crippen LogP contribution in [0.5, 0.6) is 0 Å². The molecule has 0 aliphatic heterocycles. The van der Waals surface area contributed by atoms with Gasteiger partial charge in [0.2, 0.25) is 0 Å². The fourth-order valence-corrected chi connectivity index (χ4v) is 1.83. The molecule has 0 N–H and O–H groups in total. The van der Waals surface area contributed by atoms with E-state index < -0.39 is 23.3 Å². The quantitative estimate of drug-likeness (QED) is 0.783. The molecule has 0 saturated carbocycles. The predicted molar refractivity (Wildman–Crippen MR) is 59.8 cm³/mol. The summed E-state index contributed by atoms with van der Waals surface area (Å²) < 4.78 is 42.7. The smallest absolute Gasteiger partial charge is 0.417 e. The molecule has 0 bridgehead atoms. The number of esters is 1. The normalized spacial score (nSPS) is 10.9. The summed E-state index contributed by atoms with van der Waals surface area (Å²) in [6, 6.07) is 3.19. The zero-order valence-electron chi connectivity index (χ0n) is 9.14. The molecule has 0 saturated heterocycles. The predicted octanol–water partition coefficient (Wildman–Crippen LogP) is 3.52. The molecule has 1 aromatic rings. The lowest BCUT2D eigenvalue weighted by molar-refractivity contribution is -0.137. The summed E-state index contributed by atoms with van der Waals surface area (Å²) in [7, 11) is 0. The van der Waals surface area contributed by atoms with E-state index in [1.165, 1.54) is 6.07 Å². The van der Waals surface area contributed by atoms with E-state index in [2.05, 4.69) is 20.7 Å². The van der Waals surface area contributed by atoms with E-state index >= 15 is 0 Å². The minimum absolute atomic E-state index is 0.0534. The van der Waals surface area contributed by atoms with Crippen LogP contribution in [0.1, 0.15) is 28.4 Å². The van der Waals surface area contributed by atoms with Gasteiger partial charge < -0.3 is 4.74 Å². The molecule has 0 aliphatic rings. The van der Waals surface area contributed by atoms with E-state index in [1.807, 2.05) is 0 Å². The minimum Gasteiger partial charge on any atom is -0.462 e. The van der Waals surface area contributed by atoms with Crippen molar-refractivity contribution in [3.8, 4) is 6.07 Å². The Morgan fingerprint density at radius 3 is 2.56 bits per heavy atom. The molecular formula is C11H7BrF3NO2. The van der Waals surface area contributed by atoms with Crippen LogP contribution in [0.4, 0.5) is 13.2 Å². The van der Waals surface area contributed by atoms with Gasteiger partial charge in [-0.3, -0.25) is 0 Å². The number of carbonyl (C=O) groups is 1. The lowest BCUT2D eigenvalue weighted by Crippen LogP contribution is -2.12. The number of nitrogens with zero attached hydrogens (tertiary/aromatic N) is 1. The van der Waals surface area contributed by atoms with E-state index in [4.69, 9.17) is 5.26 Å². The van der Waals surface area contributed by atoms with Gasteiger partial charge in [-0.2, -0.15) is 18.4 Å². The van der Waals surface area contributed by atoms with Gasteiger partial charge in [0.1, 0.15) is 6.07 Å². The average molecular weight is 322 g/mol. The highest BCUT2D eigenvalue weighted by atomic mass is 79.9. The van der Waals surface area contributed by atoms with Gasteiger partial charge in [0.15, 0.2) is 0 Å². The van der Waals surface area contributed by atoms with Crippen LogP contribution in [0, 0.1) is 11.3 Å². The third kappa shape index (κ3) is 3.01. The monoisotopic (exact) mass is 321 g/mol. The highest BCUT2D eigenvalue weighted by Crippen LogP contribution is 2.35. The maximum atomic E-state index is 12.7. The molecule has 0 spiro atoms. The molecule has 18 heavy (non-hydrogen) atoms. The third-order valence-electron chi connectivity index (χ3n) is 2.02. The largest absolute Gasteiger partial charge is 0.462 e. The second-order valence-electron chi connectivity index (χ2n) is 3.21. The molecular weight excluding hydrogens is 315 g/mol. The van der Waals surface area contributed by atoms with E-state index in [1.54, 1.807) is 6.92 Å². The summed E-state index contributed by atoms with van der Waals surface area (Å²) in [5.41, 5.74) is -1.98. The van der Waals surface area contributed by atoms with Crippen molar-refractivity contribution in [2.45, 2.75) is 13.1 Å². The van der Waals surface area contributed by atoms with Crippen LogP contribution >= 0.6 is 15.9 Å². The zero-order valence-corrected chi connectivity index (χ0v) is 10.7. The van der Waals surface area contributed by atoms with E-state index in [-0.39, 0.29) is 16.6 Å². The SMILES string of the molecule is CCOC(=O)c1cc(Br)c(C#N)c(C(F)(F)F)c1. The number of carbonyl (C=O) groups excluding carboxylic acids is 1. The Bertz CT molecular complexity index is 520. The molecule has 1 rings (SSSR count). The number of ether oxygens (including phenoxy) is 1. The van der Waals surface area contributed by atoms with Crippen LogP contribution in [-0.4, -0.2) is 12.6 Å². The number of nitriles is 1. The maximum Gasteiger partial charge on any atom is 0.417 e.